The van der Waals surface area contributed by atoms with Crippen molar-refractivity contribution < 1.29 is 9.53 Å². The third-order valence-corrected chi connectivity index (χ3v) is 1.23. The number of rotatable bonds is 3. The fourth-order valence-electron chi connectivity index (χ4n) is 0.669. The van der Waals surface area contributed by atoms with Gasteiger partial charge in [0.25, 0.3) is 0 Å². The number of carbonyl (C=O) groups is 1. The molecule has 0 saturated carbocycles. The zero-order valence-electron chi connectivity index (χ0n) is 8.83. The minimum absolute atomic E-state index is 0.152. The maximum Gasteiger partial charge on any atom is 0.330 e. The van der Waals surface area contributed by atoms with Crippen LogP contribution in [0.25, 0.3) is 0 Å². The van der Waals surface area contributed by atoms with Gasteiger partial charge in [0.1, 0.15) is 0 Å². The first-order valence-corrected chi connectivity index (χ1v) is 4.48. The lowest BCUT2D eigenvalue weighted by Crippen LogP contribution is -1.99. The Morgan fingerprint density at radius 1 is 1.31 bits per heavy atom. The summed E-state index contributed by atoms with van der Waals surface area (Å²) in [6.45, 7) is 8.51. The lowest BCUT2D eigenvalue weighted by Gasteiger charge is -2.09. The fraction of sp³-hybridized carbons (Fsp3) is 0.545. The summed E-state index contributed by atoms with van der Waals surface area (Å²) < 4.78 is 4.71. The molecule has 0 atom stereocenters. The lowest BCUT2D eigenvalue weighted by molar-refractivity contribution is -0.137. The minimum atomic E-state index is -0.291. The summed E-state index contributed by atoms with van der Waals surface area (Å²) in [5.74, 6) is -0.291. The van der Waals surface area contributed by atoms with Gasteiger partial charge in [-0.15, -0.1) is 0 Å². The van der Waals surface area contributed by atoms with Crippen LogP contribution in [0.1, 0.15) is 27.7 Å². The quantitative estimate of drug-likeness (QED) is 0.381. The maximum atomic E-state index is 10.8. The zero-order chi connectivity index (χ0) is 10.3. The van der Waals surface area contributed by atoms with E-state index in [0.29, 0.717) is 6.61 Å². The van der Waals surface area contributed by atoms with Crippen LogP contribution in [-0.4, -0.2) is 12.6 Å². The Bertz CT molecular complexity index is 207. The molecule has 0 saturated heterocycles. The van der Waals surface area contributed by atoms with Gasteiger partial charge in [0.05, 0.1) is 6.61 Å². The normalized spacial score (nSPS) is 12.6. The van der Waals surface area contributed by atoms with Crippen molar-refractivity contribution in [2.24, 2.45) is 5.41 Å². The highest BCUT2D eigenvalue weighted by Gasteiger charge is 2.01. The first-order chi connectivity index (χ1) is 5.95. The van der Waals surface area contributed by atoms with Crippen LogP contribution in [0.3, 0.4) is 0 Å². The predicted molar refractivity (Wildman–Crippen MR) is 54.4 cm³/mol. The summed E-state index contributed by atoms with van der Waals surface area (Å²) in [5.41, 5.74) is 0.152. The fourth-order valence-corrected chi connectivity index (χ4v) is 0.669. The molecule has 0 fully saturated rings. The van der Waals surface area contributed by atoms with Crippen LogP contribution in [0, 0.1) is 5.41 Å². The van der Waals surface area contributed by atoms with Gasteiger partial charge in [-0.2, -0.15) is 0 Å². The highest BCUT2D eigenvalue weighted by molar-refractivity contribution is 5.82. The van der Waals surface area contributed by atoms with Crippen LogP contribution in [0.4, 0.5) is 0 Å². The standard InChI is InChI=1S/C11H18O2/c1-5-13-10(12)8-6-7-9-11(2,3)4/h6-9H,5H2,1-4H3/b8-6+,9-7-. The van der Waals surface area contributed by atoms with Gasteiger partial charge >= 0.3 is 5.97 Å². The first-order valence-electron chi connectivity index (χ1n) is 4.48. The van der Waals surface area contributed by atoms with Crippen molar-refractivity contribution in [1.29, 1.82) is 0 Å². The van der Waals surface area contributed by atoms with Gasteiger partial charge in [0, 0.05) is 6.08 Å². The van der Waals surface area contributed by atoms with Gasteiger partial charge in [0.2, 0.25) is 0 Å². The zero-order valence-corrected chi connectivity index (χ0v) is 8.83. The molecule has 0 unspecified atom stereocenters. The number of esters is 1. The van der Waals surface area contributed by atoms with Crippen molar-refractivity contribution in [2.45, 2.75) is 27.7 Å². The summed E-state index contributed by atoms with van der Waals surface area (Å²) in [6.07, 6.45) is 7.01. The summed E-state index contributed by atoms with van der Waals surface area (Å²) in [6, 6.07) is 0. The Morgan fingerprint density at radius 2 is 1.92 bits per heavy atom. The van der Waals surface area contributed by atoms with Crippen molar-refractivity contribution in [3.05, 3.63) is 24.3 Å². The van der Waals surface area contributed by atoms with E-state index in [0.717, 1.165) is 0 Å². The summed E-state index contributed by atoms with van der Waals surface area (Å²) in [7, 11) is 0. The Balaban J connectivity index is 3.88. The molecule has 0 aliphatic carbocycles. The largest absolute Gasteiger partial charge is 0.463 e. The molecule has 0 radical (unpaired) electrons. The lowest BCUT2D eigenvalue weighted by atomic mass is 9.96. The summed E-state index contributed by atoms with van der Waals surface area (Å²) >= 11 is 0. The molecule has 74 valence electrons. The van der Waals surface area contributed by atoms with Crippen LogP contribution in [0.5, 0.6) is 0 Å². The Labute approximate surface area is 80.3 Å². The molecule has 0 aromatic heterocycles. The molecule has 0 aromatic carbocycles. The van der Waals surface area contributed by atoms with Gasteiger partial charge in [-0.05, 0) is 12.3 Å². The highest BCUT2D eigenvalue weighted by atomic mass is 16.5. The van der Waals surface area contributed by atoms with E-state index in [4.69, 9.17) is 4.74 Å². The maximum absolute atomic E-state index is 10.8. The van der Waals surface area contributed by atoms with Gasteiger partial charge in [-0.3, -0.25) is 0 Å². The van der Waals surface area contributed by atoms with E-state index >= 15 is 0 Å². The Hall–Kier alpha value is -1.05. The molecule has 0 aliphatic heterocycles. The summed E-state index contributed by atoms with van der Waals surface area (Å²) in [4.78, 5) is 10.8. The molecule has 0 aromatic rings. The van der Waals surface area contributed by atoms with Crippen molar-refractivity contribution in [2.75, 3.05) is 6.61 Å². The van der Waals surface area contributed by atoms with Gasteiger partial charge in [-0.25, -0.2) is 4.79 Å². The monoisotopic (exact) mass is 182 g/mol. The van der Waals surface area contributed by atoms with Crippen molar-refractivity contribution >= 4 is 5.97 Å². The average Bonchev–Trinajstić information content (AvgIpc) is 1.97. The molecule has 0 amide bonds. The molecule has 0 heterocycles. The smallest absolute Gasteiger partial charge is 0.330 e. The highest BCUT2D eigenvalue weighted by Crippen LogP contribution is 2.14. The summed E-state index contributed by atoms with van der Waals surface area (Å²) in [5, 5.41) is 0. The number of ether oxygens (including phenoxy) is 1. The van der Waals surface area contributed by atoms with Crippen LogP contribution < -0.4 is 0 Å². The van der Waals surface area contributed by atoms with Crippen LogP contribution in [0.2, 0.25) is 0 Å². The second-order valence-corrected chi connectivity index (χ2v) is 3.84. The van der Waals surface area contributed by atoms with E-state index < -0.39 is 0 Å². The second-order valence-electron chi connectivity index (χ2n) is 3.84. The van der Waals surface area contributed by atoms with E-state index in [2.05, 4.69) is 20.8 Å². The topological polar surface area (TPSA) is 26.3 Å². The molecular weight excluding hydrogens is 164 g/mol. The van der Waals surface area contributed by atoms with Crippen molar-refractivity contribution in [3.8, 4) is 0 Å². The van der Waals surface area contributed by atoms with E-state index in [1.165, 1.54) is 6.08 Å². The molecular formula is C11H18O2. The van der Waals surface area contributed by atoms with Crippen LogP contribution in [0.15, 0.2) is 24.3 Å². The van der Waals surface area contributed by atoms with E-state index in [-0.39, 0.29) is 11.4 Å². The number of hydrogen-bond donors (Lipinski definition) is 0. The predicted octanol–water partition coefficient (Wildman–Crippen LogP) is 2.71. The molecule has 2 nitrogen and oxygen atoms in total. The van der Waals surface area contributed by atoms with Crippen LogP contribution >= 0.6 is 0 Å². The third kappa shape index (κ3) is 8.86. The van der Waals surface area contributed by atoms with E-state index in [9.17, 15) is 4.79 Å². The SMILES string of the molecule is CCOC(=O)/C=C/C=C\C(C)(C)C. The van der Waals surface area contributed by atoms with Crippen LogP contribution in [-0.2, 0) is 9.53 Å². The van der Waals surface area contributed by atoms with Gasteiger partial charge in [0.15, 0.2) is 0 Å². The minimum Gasteiger partial charge on any atom is -0.463 e. The molecule has 2 heteroatoms. The molecule has 13 heavy (non-hydrogen) atoms. The Morgan fingerprint density at radius 3 is 2.38 bits per heavy atom. The van der Waals surface area contributed by atoms with Crippen molar-refractivity contribution in [3.63, 3.8) is 0 Å². The average molecular weight is 182 g/mol. The number of allylic oxidation sites excluding steroid dienone is 3. The second kappa shape index (κ2) is 5.57. The van der Waals surface area contributed by atoms with Crippen molar-refractivity contribution in [1.82, 2.24) is 0 Å². The number of hydrogen-bond acceptors (Lipinski definition) is 2. The van der Waals surface area contributed by atoms with E-state index in [1.807, 2.05) is 12.2 Å². The van der Waals surface area contributed by atoms with Gasteiger partial charge < -0.3 is 4.74 Å². The molecule has 0 N–H and O–H groups in total. The molecule has 0 bridgehead atoms. The molecule has 0 aliphatic rings. The van der Waals surface area contributed by atoms with Gasteiger partial charge in [-0.1, -0.05) is 39.0 Å². The van der Waals surface area contributed by atoms with E-state index in [1.54, 1.807) is 13.0 Å². The first kappa shape index (κ1) is 11.9. The third-order valence-electron chi connectivity index (χ3n) is 1.23. The number of carbonyl (C=O) groups excluding carboxylic acids is 1. The molecule has 0 rings (SSSR count). The Kier molecular flexibility index (Phi) is 5.12. The molecule has 0 spiro atoms.